The lowest BCUT2D eigenvalue weighted by molar-refractivity contribution is 0.271. The van der Waals surface area contributed by atoms with Gasteiger partial charge >= 0.3 is 0 Å². The number of rotatable bonds is 5. The van der Waals surface area contributed by atoms with E-state index < -0.39 is 0 Å². The van der Waals surface area contributed by atoms with E-state index in [1.807, 2.05) is 30.3 Å². The summed E-state index contributed by atoms with van der Waals surface area (Å²) in [6, 6.07) is 9.63. The summed E-state index contributed by atoms with van der Waals surface area (Å²) in [6.45, 7) is 5.35. The Labute approximate surface area is 107 Å². The molecule has 1 aromatic carbocycles. The molecule has 0 spiro atoms. The third-order valence-corrected chi connectivity index (χ3v) is 2.49. The first kappa shape index (κ1) is 12.6. The lowest BCUT2D eigenvalue weighted by Gasteiger charge is -2.08. The van der Waals surface area contributed by atoms with Crippen LogP contribution >= 0.6 is 0 Å². The van der Waals surface area contributed by atoms with Crippen LogP contribution in [0.5, 0.6) is 5.75 Å². The molecule has 0 bridgehead atoms. The van der Waals surface area contributed by atoms with Gasteiger partial charge in [0.2, 0.25) is 0 Å². The van der Waals surface area contributed by atoms with Crippen molar-refractivity contribution in [2.45, 2.75) is 20.4 Å². The number of aromatic nitrogens is 1. The first-order valence-electron chi connectivity index (χ1n) is 6.08. The Balaban J connectivity index is 2.07. The summed E-state index contributed by atoms with van der Waals surface area (Å²) in [5.74, 6) is 2.11. The normalized spacial score (nSPS) is 10.9. The van der Waals surface area contributed by atoms with E-state index in [0.29, 0.717) is 12.5 Å². The first-order chi connectivity index (χ1) is 8.69. The average molecular weight is 246 g/mol. The number of ether oxygens (including phenoxy) is 1. The fourth-order valence-corrected chi connectivity index (χ4v) is 1.52. The van der Waals surface area contributed by atoms with Gasteiger partial charge in [0.05, 0.1) is 12.3 Å². The second kappa shape index (κ2) is 5.69. The lowest BCUT2D eigenvalue weighted by atomic mass is 10.1. The summed E-state index contributed by atoms with van der Waals surface area (Å²) >= 11 is 0. The van der Waals surface area contributed by atoms with Crippen LogP contribution in [0, 0.1) is 5.92 Å². The Morgan fingerprint density at radius 1 is 1.28 bits per heavy atom. The maximum absolute atomic E-state index is 5.62. The molecular formula is C14H18N2O2. The van der Waals surface area contributed by atoms with Gasteiger partial charge in [-0.25, -0.2) is 0 Å². The van der Waals surface area contributed by atoms with Crippen LogP contribution in [-0.2, 0) is 6.54 Å². The van der Waals surface area contributed by atoms with Gasteiger partial charge in [0.25, 0.3) is 0 Å². The van der Waals surface area contributed by atoms with Gasteiger partial charge in [-0.3, -0.25) is 0 Å². The van der Waals surface area contributed by atoms with Crippen molar-refractivity contribution < 1.29 is 9.26 Å². The van der Waals surface area contributed by atoms with Crippen LogP contribution in [-0.4, -0.2) is 11.8 Å². The van der Waals surface area contributed by atoms with Gasteiger partial charge < -0.3 is 15.0 Å². The predicted molar refractivity (Wildman–Crippen MR) is 70.2 cm³/mol. The van der Waals surface area contributed by atoms with Gasteiger partial charge in [-0.1, -0.05) is 19.0 Å². The number of benzene rings is 1. The maximum atomic E-state index is 5.62. The highest BCUT2D eigenvalue weighted by Crippen LogP contribution is 2.23. The molecule has 0 aliphatic rings. The summed E-state index contributed by atoms with van der Waals surface area (Å²) in [6.07, 6.45) is 0. The minimum absolute atomic E-state index is 0.388. The summed E-state index contributed by atoms with van der Waals surface area (Å²) < 4.78 is 10.8. The van der Waals surface area contributed by atoms with Gasteiger partial charge in [0.1, 0.15) is 5.75 Å². The molecule has 2 aromatic rings. The molecule has 1 heterocycles. The minimum Gasteiger partial charge on any atom is -0.493 e. The van der Waals surface area contributed by atoms with E-state index in [0.717, 1.165) is 29.4 Å². The van der Waals surface area contributed by atoms with E-state index in [-0.39, 0.29) is 0 Å². The highest BCUT2D eigenvalue weighted by molar-refractivity contribution is 5.58. The van der Waals surface area contributed by atoms with Crippen molar-refractivity contribution in [3.05, 3.63) is 36.0 Å². The van der Waals surface area contributed by atoms with Crippen molar-refractivity contribution in [1.82, 2.24) is 5.16 Å². The third kappa shape index (κ3) is 3.11. The quantitative estimate of drug-likeness (QED) is 0.881. The van der Waals surface area contributed by atoms with Crippen molar-refractivity contribution in [3.8, 4) is 17.1 Å². The van der Waals surface area contributed by atoms with Crippen LogP contribution in [0.25, 0.3) is 11.3 Å². The van der Waals surface area contributed by atoms with Crippen molar-refractivity contribution in [3.63, 3.8) is 0 Å². The molecule has 0 atom stereocenters. The van der Waals surface area contributed by atoms with Gasteiger partial charge in [-0.15, -0.1) is 0 Å². The zero-order chi connectivity index (χ0) is 13.0. The van der Waals surface area contributed by atoms with Crippen molar-refractivity contribution in [1.29, 1.82) is 0 Å². The topological polar surface area (TPSA) is 61.3 Å². The Kier molecular flexibility index (Phi) is 3.99. The molecule has 96 valence electrons. The van der Waals surface area contributed by atoms with Crippen molar-refractivity contribution in [2.24, 2.45) is 11.7 Å². The van der Waals surface area contributed by atoms with Gasteiger partial charge in [0, 0.05) is 18.2 Å². The predicted octanol–water partition coefficient (Wildman–Crippen LogP) is 2.84. The summed E-state index contributed by atoms with van der Waals surface area (Å²) in [5, 5.41) is 3.86. The zero-order valence-electron chi connectivity index (χ0n) is 10.7. The van der Waals surface area contributed by atoms with Crippen molar-refractivity contribution >= 4 is 0 Å². The van der Waals surface area contributed by atoms with Crippen LogP contribution in [0.15, 0.2) is 34.9 Å². The number of hydrogen-bond donors (Lipinski definition) is 1. The SMILES string of the molecule is CC(C)COc1ccc(-c2cc(CN)no2)cc1. The molecular weight excluding hydrogens is 228 g/mol. The molecule has 18 heavy (non-hydrogen) atoms. The van der Waals surface area contributed by atoms with Gasteiger partial charge in [0.15, 0.2) is 5.76 Å². The number of nitrogens with zero attached hydrogens (tertiary/aromatic N) is 1. The second-order valence-corrected chi connectivity index (χ2v) is 4.62. The molecule has 4 heteroatoms. The molecule has 2 rings (SSSR count). The van der Waals surface area contributed by atoms with Crippen molar-refractivity contribution in [2.75, 3.05) is 6.61 Å². The van der Waals surface area contributed by atoms with Crippen LogP contribution in [0.2, 0.25) is 0 Å². The molecule has 0 radical (unpaired) electrons. The van der Waals surface area contributed by atoms with Crippen LogP contribution in [0.3, 0.4) is 0 Å². The maximum Gasteiger partial charge on any atom is 0.167 e. The van der Waals surface area contributed by atoms with Gasteiger partial charge in [-0.05, 0) is 30.2 Å². The fourth-order valence-electron chi connectivity index (χ4n) is 1.52. The smallest absolute Gasteiger partial charge is 0.167 e. The highest BCUT2D eigenvalue weighted by atomic mass is 16.5. The standard InChI is InChI=1S/C14H18N2O2/c1-10(2)9-17-13-5-3-11(4-6-13)14-7-12(8-15)16-18-14/h3-7,10H,8-9,15H2,1-2H3. The summed E-state index contributed by atoms with van der Waals surface area (Å²) in [7, 11) is 0. The first-order valence-corrected chi connectivity index (χ1v) is 6.08. The molecule has 0 saturated carbocycles. The fraction of sp³-hybridized carbons (Fsp3) is 0.357. The van der Waals surface area contributed by atoms with Crippen LogP contribution < -0.4 is 10.5 Å². The third-order valence-electron chi connectivity index (χ3n) is 2.49. The van der Waals surface area contributed by atoms with E-state index in [4.69, 9.17) is 15.0 Å². The molecule has 2 N–H and O–H groups in total. The lowest BCUT2D eigenvalue weighted by Crippen LogP contribution is -2.04. The molecule has 4 nitrogen and oxygen atoms in total. The number of hydrogen-bond acceptors (Lipinski definition) is 4. The average Bonchev–Trinajstić information content (AvgIpc) is 2.85. The molecule has 0 aliphatic heterocycles. The monoisotopic (exact) mass is 246 g/mol. The summed E-state index contributed by atoms with van der Waals surface area (Å²) in [4.78, 5) is 0. The van der Waals surface area contributed by atoms with E-state index in [1.54, 1.807) is 0 Å². The number of nitrogens with two attached hydrogens (primary N) is 1. The van der Waals surface area contributed by atoms with E-state index in [2.05, 4.69) is 19.0 Å². The minimum atomic E-state index is 0.388. The van der Waals surface area contributed by atoms with Gasteiger partial charge in [-0.2, -0.15) is 0 Å². The van der Waals surface area contributed by atoms with Crippen LogP contribution in [0.1, 0.15) is 19.5 Å². The Hall–Kier alpha value is -1.81. The molecule has 0 aliphatic carbocycles. The summed E-state index contributed by atoms with van der Waals surface area (Å²) in [5.41, 5.74) is 7.22. The molecule has 1 aromatic heterocycles. The molecule has 0 unspecified atom stereocenters. The zero-order valence-corrected chi connectivity index (χ0v) is 10.7. The Morgan fingerprint density at radius 3 is 2.56 bits per heavy atom. The van der Waals surface area contributed by atoms with E-state index >= 15 is 0 Å². The molecule has 0 fully saturated rings. The second-order valence-electron chi connectivity index (χ2n) is 4.62. The Morgan fingerprint density at radius 2 is 2.00 bits per heavy atom. The molecule has 0 saturated heterocycles. The van der Waals surface area contributed by atoms with E-state index in [9.17, 15) is 0 Å². The molecule has 0 amide bonds. The largest absolute Gasteiger partial charge is 0.493 e. The van der Waals surface area contributed by atoms with Crippen LogP contribution in [0.4, 0.5) is 0 Å². The Bertz CT molecular complexity index is 489. The highest BCUT2D eigenvalue weighted by Gasteiger charge is 2.06. The van der Waals surface area contributed by atoms with E-state index in [1.165, 1.54) is 0 Å².